The predicted octanol–water partition coefficient (Wildman–Crippen LogP) is 1.82. The molecule has 2 saturated heterocycles. The second-order valence-electron chi connectivity index (χ2n) is 7.25. The number of likely N-dealkylation sites (tertiary alicyclic amines) is 1. The Morgan fingerprint density at radius 2 is 1.80 bits per heavy atom. The van der Waals surface area contributed by atoms with E-state index in [4.69, 9.17) is 0 Å². The van der Waals surface area contributed by atoms with Gasteiger partial charge in [0.05, 0.1) is 6.04 Å². The van der Waals surface area contributed by atoms with Crippen LogP contribution in [0.3, 0.4) is 0 Å². The third kappa shape index (κ3) is 3.35. The summed E-state index contributed by atoms with van der Waals surface area (Å²) in [7, 11) is 0. The van der Waals surface area contributed by atoms with Crippen molar-refractivity contribution in [1.29, 1.82) is 0 Å². The number of piperidine rings is 1. The van der Waals surface area contributed by atoms with Crippen molar-refractivity contribution in [3.8, 4) is 0 Å². The molecule has 0 radical (unpaired) electrons. The molecule has 6 nitrogen and oxygen atoms in total. The molecule has 0 unspecified atom stereocenters. The van der Waals surface area contributed by atoms with Crippen LogP contribution in [-0.4, -0.2) is 60.0 Å². The highest BCUT2D eigenvalue weighted by Crippen LogP contribution is 2.26. The van der Waals surface area contributed by atoms with Gasteiger partial charge in [0.1, 0.15) is 0 Å². The molecule has 25 heavy (non-hydrogen) atoms. The second-order valence-corrected chi connectivity index (χ2v) is 7.25. The lowest BCUT2D eigenvalue weighted by Crippen LogP contribution is -2.56. The molecule has 1 atom stereocenters. The van der Waals surface area contributed by atoms with Crippen LogP contribution in [0.4, 0.5) is 10.5 Å². The number of nitrogens with one attached hydrogen (secondary N) is 2. The predicted molar refractivity (Wildman–Crippen MR) is 96.5 cm³/mol. The Labute approximate surface area is 148 Å². The number of hydrogen-bond acceptors (Lipinski definition) is 3. The maximum absolute atomic E-state index is 12.7. The number of carbonyl (C=O) groups excluding carboxylic acids is 2. The van der Waals surface area contributed by atoms with Gasteiger partial charge in [-0.05, 0) is 43.7 Å². The number of anilines is 1. The average Bonchev–Trinajstić information content (AvgIpc) is 2.81. The van der Waals surface area contributed by atoms with Crippen LogP contribution >= 0.6 is 0 Å². The van der Waals surface area contributed by atoms with Crippen molar-refractivity contribution in [1.82, 2.24) is 15.1 Å². The van der Waals surface area contributed by atoms with E-state index >= 15 is 0 Å². The fraction of sp³-hybridized carbons (Fsp3) is 0.579. The smallest absolute Gasteiger partial charge is 0.317 e. The van der Waals surface area contributed by atoms with E-state index in [1.807, 2.05) is 23.1 Å². The molecule has 2 N–H and O–H groups in total. The summed E-state index contributed by atoms with van der Waals surface area (Å²) in [4.78, 5) is 29.0. The summed E-state index contributed by atoms with van der Waals surface area (Å²) >= 11 is 0. The summed E-state index contributed by atoms with van der Waals surface area (Å²) in [6.07, 6.45) is 4.70. The van der Waals surface area contributed by atoms with Crippen LogP contribution < -0.4 is 10.6 Å². The number of rotatable bonds is 2. The zero-order valence-corrected chi connectivity index (χ0v) is 14.5. The molecule has 0 spiro atoms. The largest absolute Gasteiger partial charge is 0.338 e. The fourth-order valence-electron chi connectivity index (χ4n) is 4.35. The lowest BCUT2D eigenvalue weighted by atomic mass is 9.98. The Morgan fingerprint density at radius 3 is 2.60 bits per heavy atom. The van der Waals surface area contributed by atoms with Gasteiger partial charge in [-0.2, -0.15) is 0 Å². The lowest BCUT2D eigenvalue weighted by Gasteiger charge is -2.42. The first kappa shape index (κ1) is 16.4. The zero-order valence-electron chi connectivity index (χ0n) is 14.5. The molecular weight excluding hydrogens is 316 g/mol. The first-order chi connectivity index (χ1) is 12.2. The van der Waals surface area contributed by atoms with Crippen molar-refractivity contribution in [2.45, 2.75) is 44.2 Å². The van der Waals surface area contributed by atoms with E-state index in [1.54, 1.807) is 0 Å². The van der Waals surface area contributed by atoms with Gasteiger partial charge in [-0.25, -0.2) is 4.79 Å². The highest BCUT2D eigenvalue weighted by molar-refractivity contribution is 5.96. The molecule has 6 heteroatoms. The first-order valence-electron chi connectivity index (χ1n) is 9.39. The number of hydrogen-bond donors (Lipinski definition) is 2. The van der Waals surface area contributed by atoms with Gasteiger partial charge in [0, 0.05) is 37.9 Å². The Hall–Kier alpha value is -2.08. The first-order valence-corrected chi connectivity index (χ1v) is 9.39. The van der Waals surface area contributed by atoms with Gasteiger partial charge in [0.15, 0.2) is 0 Å². The SMILES string of the molecule is O=C1Nc2ccccc2CC[C@H]1N1CCC(N2CCCNC2=O)CC1. The van der Waals surface area contributed by atoms with Crippen molar-refractivity contribution in [2.75, 3.05) is 31.5 Å². The molecule has 3 heterocycles. The summed E-state index contributed by atoms with van der Waals surface area (Å²) in [6.45, 7) is 3.40. The maximum atomic E-state index is 12.7. The van der Waals surface area contributed by atoms with Crippen LogP contribution in [-0.2, 0) is 11.2 Å². The minimum absolute atomic E-state index is 0.0662. The molecule has 0 aromatic heterocycles. The highest BCUT2D eigenvalue weighted by Gasteiger charge is 2.34. The topological polar surface area (TPSA) is 64.7 Å². The molecule has 3 aliphatic heterocycles. The number of aryl methyl sites for hydroxylation is 1. The number of benzene rings is 1. The minimum Gasteiger partial charge on any atom is -0.338 e. The molecule has 0 bridgehead atoms. The quantitative estimate of drug-likeness (QED) is 0.862. The Balaban J connectivity index is 1.38. The summed E-state index contributed by atoms with van der Waals surface area (Å²) in [5.74, 6) is 0.110. The van der Waals surface area contributed by atoms with Gasteiger partial charge in [-0.1, -0.05) is 18.2 Å². The molecule has 1 aromatic carbocycles. The van der Waals surface area contributed by atoms with Gasteiger partial charge in [-0.3, -0.25) is 9.69 Å². The average molecular weight is 342 g/mol. The van der Waals surface area contributed by atoms with Crippen LogP contribution in [0.15, 0.2) is 24.3 Å². The third-order valence-corrected chi connectivity index (χ3v) is 5.76. The van der Waals surface area contributed by atoms with Crippen molar-refractivity contribution in [3.05, 3.63) is 29.8 Å². The van der Waals surface area contributed by atoms with E-state index in [0.29, 0.717) is 6.04 Å². The highest BCUT2D eigenvalue weighted by atomic mass is 16.2. The zero-order chi connectivity index (χ0) is 17.2. The second kappa shape index (κ2) is 7.04. The summed E-state index contributed by atoms with van der Waals surface area (Å²) in [5.41, 5.74) is 2.17. The van der Waals surface area contributed by atoms with E-state index in [2.05, 4.69) is 21.6 Å². The van der Waals surface area contributed by atoms with Crippen LogP contribution in [0.2, 0.25) is 0 Å². The summed E-state index contributed by atoms with van der Waals surface area (Å²) in [6, 6.07) is 8.39. The maximum Gasteiger partial charge on any atom is 0.317 e. The van der Waals surface area contributed by atoms with Gasteiger partial charge in [0.2, 0.25) is 5.91 Å². The molecule has 3 aliphatic rings. The monoisotopic (exact) mass is 342 g/mol. The Kier molecular flexibility index (Phi) is 4.61. The van der Waals surface area contributed by atoms with Gasteiger partial charge in [0.25, 0.3) is 0 Å². The molecule has 134 valence electrons. The summed E-state index contributed by atoms with van der Waals surface area (Å²) < 4.78 is 0. The van der Waals surface area contributed by atoms with Crippen molar-refractivity contribution in [3.63, 3.8) is 0 Å². The Bertz CT molecular complexity index is 655. The van der Waals surface area contributed by atoms with Gasteiger partial charge in [-0.15, -0.1) is 0 Å². The van der Waals surface area contributed by atoms with E-state index in [-0.39, 0.29) is 18.0 Å². The molecule has 3 amide bonds. The molecule has 1 aromatic rings. The van der Waals surface area contributed by atoms with E-state index in [0.717, 1.165) is 64.0 Å². The molecular formula is C19H26N4O2. The van der Waals surface area contributed by atoms with Crippen molar-refractivity contribution in [2.24, 2.45) is 0 Å². The normalized spacial score (nSPS) is 25.8. The third-order valence-electron chi connectivity index (χ3n) is 5.76. The molecule has 0 aliphatic carbocycles. The van der Waals surface area contributed by atoms with Crippen LogP contribution in [0, 0.1) is 0 Å². The number of amides is 3. The minimum atomic E-state index is -0.0662. The van der Waals surface area contributed by atoms with Crippen LogP contribution in [0.1, 0.15) is 31.2 Å². The van der Waals surface area contributed by atoms with E-state index in [9.17, 15) is 9.59 Å². The number of para-hydroxylation sites is 1. The molecule has 0 saturated carbocycles. The van der Waals surface area contributed by atoms with E-state index < -0.39 is 0 Å². The number of urea groups is 1. The van der Waals surface area contributed by atoms with Gasteiger partial charge >= 0.3 is 6.03 Å². The standard InChI is InChI=1S/C19H26N4O2/c24-18-17(7-6-14-4-1-2-5-16(14)21-18)22-12-8-15(9-13-22)23-11-3-10-20-19(23)25/h1-2,4-5,15,17H,3,6-13H2,(H,20,25)(H,21,24)/t17-/m1/s1. The number of fused-ring (bicyclic) bond motifs is 1. The number of carbonyl (C=O) groups is 2. The Morgan fingerprint density at radius 1 is 1.00 bits per heavy atom. The van der Waals surface area contributed by atoms with Crippen molar-refractivity contribution >= 4 is 17.6 Å². The van der Waals surface area contributed by atoms with Gasteiger partial charge < -0.3 is 15.5 Å². The van der Waals surface area contributed by atoms with Crippen molar-refractivity contribution < 1.29 is 9.59 Å². The fourth-order valence-corrected chi connectivity index (χ4v) is 4.35. The number of nitrogens with zero attached hydrogens (tertiary/aromatic N) is 2. The lowest BCUT2D eigenvalue weighted by molar-refractivity contribution is -0.122. The van der Waals surface area contributed by atoms with Crippen LogP contribution in [0.5, 0.6) is 0 Å². The molecule has 4 rings (SSSR count). The van der Waals surface area contributed by atoms with E-state index in [1.165, 1.54) is 5.56 Å². The molecule has 2 fully saturated rings. The summed E-state index contributed by atoms with van der Waals surface area (Å²) in [5, 5.41) is 6.03. The van der Waals surface area contributed by atoms with Crippen LogP contribution in [0.25, 0.3) is 0 Å².